The Labute approximate surface area is 112 Å². The van der Waals surface area contributed by atoms with Crippen molar-refractivity contribution in [3.05, 3.63) is 54.0 Å². The van der Waals surface area contributed by atoms with Crippen molar-refractivity contribution in [2.75, 3.05) is 11.4 Å². The van der Waals surface area contributed by atoms with E-state index in [1.54, 1.807) is 18.3 Å². The van der Waals surface area contributed by atoms with Crippen LogP contribution in [0.2, 0.25) is 0 Å². The molecule has 2 rings (SSSR count). The van der Waals surface area contributed by atoms with Gasteiger partial charge in [0.1, 0.15) is 11.6 Å². The van der Waals surface area contributed by atoms with E-state index in [0.29, 0.717) is 18.1 Å². The zero-order valence-electron chi connectivity index (χ0n) is 11.2. The van der Waals surface area contributed by atoms with Gasteiger partial charge in [-0.1, -0.05) is 18.2 Å². The fourth-order valence-corrected chi connectivity index (χ4v) is 2.10. The largest absolute Gasteiger partial charge is 0.324 e. The highest BCUT2D eigenvalue weighted by molar-refractivity contribution is 5.63. The molecular weight excluding hydrogens is 241 g/mol. The van der Waals surface area contributed by atoms with Crippen LogP contribution in [0.3, 0.4) is 0 Å². The maximum atomic E-state index is 13.9. The van der Waals surface area contributed by atoms with Crippen molar-refractivity contribution in [2.24, 2.45) is 5.73 Å². The molecule has 0 saturated carbocycles. The Kier molecular flexibility index (Phi) is 4.12. The summed E-state index contributed by atoms with van der Waals surface area (Å²) in [6.45, 7) is 4.49. The molecule has 1 heterocycles. The first kappa shape index (κ1) is 13.5. The van der Waals surface area contributed by atoms with E-state index in [2.05, 4.69) is 4.98 Å². The number of para-hydroxylation sites is 1. The number of nitrogens with zero attached hydrogens (tertiary/aromatic N) is 2. The van der Waals surface area contributed by atoms with Crippen molar-refractivity contribution in [1.82, 2.24) is 4.98 Å². The van der Waals surface area contributed by atoms with Crippen molar-refractivity contribution < 1.29 is 4.39 Å². The summed E-state index contributed by atoms with van der Waals surface area (Å²) < 4.78 is 13.9. The first-order valence-electron chi connectivity index (χ1n) is 6.37. The Morgan fingerprint density at radius 2 is 2.00 bits per heavy atom. The maximum Gasteiger partial charge on any atom is 0.146 e. The second kappa shape index (κ2) is 5.80. The zero-order valence-corrected chi connectivity index (χ0v) is 11.2. The van der Waals surface area contributed by atoms with Crippen LogP contribution in [-0.4, -0.2) is 11.5 Å². The van der Waals surface area contributed by atoms with E-state index in [9.17, 15) is 4.39 Å². The summed E-state index contributed by atoms with van der Waals surface area (Å²) >= 11 is 0. The number of rotatable bonds is 4. The second-order valence-corrected chi connectivity index (χ2v) is 4.40. The molecule has 1 aromatic carbocycles. The molecule has 4 heteroatoms. The van der Waals surface area contributed by atoms with Gasteiger partial charge in [0, 0.05) is 24.3 Å². The normalized spacial score (nSPS) is 12.2. The molecule has 0 radical (unpaired) electrons. The number of aromatic nitrogens is 1. The molecule has 0 aliphatic carbocycles. The number of halogens is 1. The number of pyridine rings is 1. The second-order valence-electron chi connectivity index (χ2n) is 4.40. The van der Waals surface area contributed by atoms with Gasteiger partial charge in [0.2, 0.25) is 0 Å². The molecule has 0 aliphatic rings. The molecule has 3 nitrogen and oxygen atoms in total. The molecule has 1 atom stereocenters. The summed E-state index contributed by atoms with van der Waals surface area (Å²) in [6.07, 6.45) is 1.70. The monoisotopic (exact) mass is 259 g/mol. The van der Waals surface area contributed by atoms with Gasteiger partial charge in [-0.05, 0) is 32.0 Å². The topological polar surface area (TPSA) is 42.2 Å². The van der Waals surface area contributed by atoms with Crippen LogP contribution in [0, 0.1) is 5.82 Å². The van der Waals surface area contributed by atoms with Crippen molar-refractivity contribution in [1.29, 1.82) is 0 Å². The SMILES string of the molecule is CCN(c1ccccc1F)c1ncccc1[C@H](C)N. The lowest BCUT2D eigenvalue weighted by atomic mass is 10.1. The third kappa shape index (κ3) is 2.74. The smallest absolute Gasteiger partial charge is 0.146 e. The molecule has 0 spiro atoms. The van der Waals surface area contributed by atoms with Gasteiger partial charge >= 0.3 is 0 Å². The van der Waals surface area contributed by atoms with Gasteiger partial charge in [-0.15, -0.1) is 0 Å². The van der Waals surface area contributed by atoms with Gasteiger partial charge in [0.05, 0.1) is 5.69 Å². The Morgan fingerprint density at radius 3 is 2.63 bits per heavy atom. The van der Waals surface area contributed by atoms with Crippen LogP contribution in [0.15, 0.2) is 42.6 Å². The minimum Gasteiger partial charge on any atom is -0.324 e. The van der Waals surface area contributed by atoms with Crippen LogP contribution in [0.5, 0.6) is 0 Å². The highest BCUT2D eigenvalue weighted by Crippen LogP contribution is 2.30. The zero-order chi connectivity index (χ0) is 13.8. The van der Waals surface area contributed by atoms with Crippen LogP contribution >= 0.6 is 0 Å². The molecule has 0 unspecified atom stereocenters. The molecule has 0 amide bonds. The van der Waals surface area contributed by atoms with Gasteiger partial charge in [0.25, 0.3) is 0 Å². The Bertz CT molecular complexity index is 555. The summed E-state index contributed by atoms with van der Waals surface area (Å²) in [6, 6.07) is 10.3. The van der Waals surface area contributed by atoms with Crippen molar-refractivity contribution >= 4 is 11.5 Å². The van der Waals surface area contributed by atoms with Crippen molar-refractivity contribution in [3.63, 3.8) is 0 Å². The molecule has 0 bridgehead atoms. The predicted molar refractivity (Wildman–Crippen MR) is 75.9 cm³/mol. The first-order valence-corrected chi connectivity index (χ1v) is 6.37. The summed E-state index contributed by atoms with van der Waals surface area (Å²) in [5, 5.41) is 0. The van der Waals surface area contributed by atoms with Crippen LogP contribution in [0.1, 0.15) is 25.5 Å². The molecule has 0 fully saturated rings. The van der Waals surface area contributed by atoms with Crippen molar-refractivity contribution in [3.8, 4) is 0 Å². The van der Waals surface area contributed by atoms with Gasteiger partial charge < -0.3 is 10.6 Å². The lowest BCUT2D eigenvalue weighted by Gasteiger charge is -2.25. The lowest BCUT2D eigenvalue weighted by molar-refractivity contribution is 0.624. The van der Waals surface area contributed by atoms with E-state index in [1.807, 2.05) is 36.9 Å². The van der Waals surface area contributed by atoms with E-state index >= 15 is 0 Å². The van der Waals surface area contributed by atoms with E-state index in [0.717, 1.165) is 5.56 Å². The van der Waals surface area contributed by atoms with Gasteiger partial charge in [-0.25, -0.2) is 9.37 Å². The molecule has 100 valence electrons. The minimum absolute atomic E-state index is 0.149. The molecule has 19 heavy (non-hydrogen) atoms. The highest BCUT2D eigenvalue weighted by atomic mass is 19.1. The quantitative estimate of drug-likeness (QED) is 0.915. The fraction of sp³-hybridized carbons (Fsp3) is 0.267. The summed E-state index contributed by atoms with van der Waals surface area (Å²) in [5.74, 6) is 0.454. The summed E-state index contributed by atoms with van der Waals surface area (Å²) in [4.78, 5) is 6.21. The molecule has 1 aromatic heterocycles. The molecule has 2 N–H and O–H groups in total. The van der Waals surface area contributed by atoms with Crippen LogP contribution < -0.4 is 10.6 Å². The van der Waals surface area contributed by atoms with Crippen molar-refractivity contribution in [2.45, 2.75) is 19.9 Å². The highest BCUT2D eigenvalue weighted by Gasteiger charge is 2.17. The Morgan fingerprint density at radius 1 is 1.26 bits per heavy atom. The average molecular weight is 259 g/mol. The number of nitrogens with two attached hydrogens (primary N) is 1. The lowest BCUT2D eigenvalue weighted by Crippen LogP contribution is -2.22. The first-order chi connectivity index (χ1) is 9.15. The fourth-order valence-electron chi connectivity index (χ4n) is 2.10. The van der Waals surface area contributed by atoms with E-state index in [4.69, 9.17) is 5.73 Å². The predicted octanol–water partition coefficient (Wildman–Crippen LogP) is 3.40. The molecular formula is C15H18FN3. The van der Waals surface area contributed by atoms with Crippen LogP contribution in [-0.2, 0) is 0 Å². The third-order valence-electron chi connectivity index (χ3n) is 3.02. The Hall–Kier alpha value is -1.94. The number of hydrogen-bond acceptors (Lipinski definition) is 3. The average Bonchev–Trinajstić information content (AvgIpc) is 2.42. The van der Waals surface area contributed by atoms with E-state index < -0.39 is 0 Å². The van der Waals surface area contributed by atoms with Gasteiger partial charge in [-0.3, -0.25) is 0 Å². The number of benzene rings is 1. The molecule has 0 aliphatic heterocycles. The minimum atomic E-state index is -0.259. The van der Waals surface area contributed by atoms with Gasteiger partial charge in [-0.2, -0.15) is 0 Å². The van der Waals surface area contributed by atoms with Crippen LogP contribution in [0.4, 0.5) is 15.9 Å². The number of hydrogen-bond donors (Lipinski definition) is 1. The molecule has 2 aromatic rings. The summed E-state index contributed by atoms with van der Waals surface area (Å²) in [5.41, 5.74) is 7.39. The van der Waals surface area contributed by atoms with E-state index in [-0.39, 0.29) is 11.9 Å². The summed E-state index contributed by atoms with van der Waals surface area (Å²) in [7, 11) is 0. The maximum absolute atomic E-state index is 13.9. The van der Waals surface area contributed by atoms with Gasteiger partial charge in [0.15, 0.2) is 0 Å². The van der Waals surface area contributed by atoms with Crippen LogP contribution in [0.25, 0.3) is 0 Å². The number of anilines is 2. The standard InChI is InChI=1S/C15H18FN3/c1-3-19(14-9-5-4-8-13(14)16)15-12(11(2)17)7-6-10-18-15/h4-11H,3,17H2,1-2H3/t11-/m0/s1. The van der Waals surface area contributed by atoms with E-state index in [1.165, 1.54) is 6.07 Å². The Balaban J connectivity index is 2.52. The molecule has 0 saturated heterocycles. The third-order valence-corrected chi connectivity index (χ3v) is 3.02.